The Bertz CT molecular complexity index is 997. The Hall–Kier alpha value is -3.10. The van der Waals surface area contributed by atoms with Crippen LogP contribution >= 0.6 is 0 Å². The van der Waals surface area contributed by atoms with Gasteiger partial charge in [0, 0.05) is 11.3 Å². The number of halogens is 1. The lowest BCUT2D eigenvalue weighted by molar-refractivity contribution is -1.02. The molecule has 1 fully saturated rings. The zero-order valence-corrected chi connectivity index (χ0v) is 17.0. The minimum Gasteiger partial charge on any atom is -0.415 e. The molecule has 0 aliphatic carbocycles. The summed E-state index contributed by atoms with van der Waals surface area (Å²) in [6, 6.07) is 13.8. The number of nitrogens with zero attached hydrogens (tertiary/aromatic N) is 2. The number of quaternary nitrogens is 2. The maximum Gasteiger partial charge on any atom is 0.279 e. The van der Waals surface area contributed by atoms with Gasteiger partial charge in [-0.1, -0.05) is 17.7 Å². The van der Waals surface area contributed by atoms with Crippen molar-refractivity contribution < 1.29 is 23.4 Å². The van der Waals surface area contributed by atoms with Crippen molar-refractivity contribution in [2.75, 3.05) is 38.0 Å². The van der Waals surface area contributed by atoms with E-state index in [2.05, 4.69) is 15.5 Å². The summed E-state index contributed by atoms with van der Waals surface area (Å²) in [5.74, 6) is 0.818. The Morgan fingerprint density at radius 2 is 1.80 bits per heavy atom. The molecule has 0 saturated carbocycles. The summed E-state index contributed by atoms with van der Waals surface area (Å²) in [7, 11) is 0. The number of hydrogen-bond acceptors (Lipinski definition) is 4. The van der Waals surface area contributed by atoms with Gasteiger partial charge in [-0.25, -0.2) is 4.39 Å². The van der Waals surface area contributed by atoms with E-state index in [-0.39, 0.29) is 11.7 Å². The van der Waals surface area contributed by atoms with Crippen LogP contribution in [-0.2, 0) is 11.3 Å². The van der Waals surface area contributed by atoms with Crippen LogP contribution in [-0.4, -0.2) is 48.8 Å². The van der Waals surface area contributed by atoms with Crippen LogP contribution in [0.3, 0.4) is 0 Å². The number of rotatable bonds is 6. The van der Waals surface area contributed by atoms with E-state index in [9.17, 15) is 9.18 Å². The normalized spacial score (nSPS) is 18.9. The molecule has 0 radical (unpaired) electrons. The average molecular weight is 411 g/mol. The molecule has 1 aromatic heterocycles. The highest BCUT2D eigenvalue weighted by Crippen LogP contribution is 2.18. The van der Waals surface area contributed by atoms with Crippen molar-refractivity contribution in [1.29, 1.82) is 0 Å². The first-order valence-corrected chi connectivity index (χ1v) is 10.2. The summed E-state index contributed by atoms with van der Waals surface area (Å²) in [6.45, 7) is 6.78. The average Bonchev–Trinajstić information content (AvgIpc) is 3.20. The molecule has 2 heterocycles. The van der Waals surface area contributed by atoms with Crippen LogP contribution in [0.25, 0.3) is 11.5 Å². The Balaban J connectivity index is 1.24. The molecule has 1 saturated heterocycles. The fourth-order valence-electron chi connectivity index (χ4n) is 3.71. The van der Waals surface area contributed by atoms with Gasteiger partial charge in [0.05, 0.1) is 0 Å². The third-order valence-corrected chi connectivity index (χ3v) is 5.34. The van der Waals surface area contributed by atoms with Gasteiger partial charge < -0.3 is 19.5 Å². The third-order valence-electron chi connectivity index (χ3n) is 5.34. The van der Waals surface area contributed by atoms with Gasteiger partial charge in [-0.05, 0) is 43.3 Å². The molecule has 30 heavy (non-hydrogen) atoms. The van der Waals surface area contributed by atoms with Crippen molar-refractivity contribution in [2.45, 2.75) is 13.5 Å². The number of aromatic nitrogens is 2. The first-order chi connectivity index (χ1) is 14.5. The van der Waals surface area contributed by atoms with Gasteiger partial charge in [0.1, 0.15) is 32.0 Å². The number of hydrogen-bond donors (Lipinski definition) is 3. The summed E-state index contributed by atoms with van der Waals surface area (Å²) in [5, 5.41) is 11.2. The Kier molecular flexibility index (Phi) is 6.15. The molecule has 0 atom stereocenters. The Labute approximate surface area is 174 Å². The predicted molar refractivity (Wildman–Crippen MR) is 109 cm³/mol. The smallest absolute Gasteiger partial charge is 0.279 e. The quantitative estimate of drug-likeness (QED) is 0.538. The number of carbonyl (C=O) groups is 1. The van der Waals surface area contributed by atoms with E-state index in [4.69, 9.17) is 4.42 Å². The lowest BCUT2D eigenvalue weighted by Gasteiger charge is -2.28. The molecular weight excluding hydrogens is 385 g/mol. The molecule has 156 valence electrons. The van der Waals surface area contributed by atoms with Crippen LogP contribution in [0.5, 0.6) is 0 Å². The lowest BCUT2D eigenvalue weighted by atomic mass is 10.1. The minimum atomic E-state index is -0.315. The second kappa shape index (κ2) is 9.15. The van der Waals surface area contributed by atoms with Gasteiger partial charge in [-0.15, -0.1) is 10.2 Å². The number of carbonyl (C=O) groups excluding carboxylic acids is 1. The monoisotopic (exact) mass is 411 g/mol. The van der Waals surface area contributed by atoms with Gasteiger partial charge in [0.15, 0.2) is 13.1 Å². The van der Waals surface area contributed by atoms with E-state index in [0.717, 1.165) is 37.3 Å². The molecule has 8 heteroatoms. The lowest BCUT2D eigenvalue weighted by Crippen LogP contribution is -3.28. The van der Waals surface area contributed by atoms with Crippen LogP contribution in [0.15, 0.2) is 52.9 Å². The van der Waals surface area contributed by atoms with Crippen LogP contribution in [0.1, 0.15) is 11.5 Å². The molecule has 1 aliphatic heterocycles. The van der Waals surface area contributed by atoms with Crippen molar-refractivity contribution in [1.82, 2.24) is 10.2 Å². The van der Waals surface area contributed by atoms with Crippen LogP contribution in [0.4, 0.5) is 10.1 Å². The van der Waals surface area contributed by atoms with E-state index in [0.29, 0.717) is 30.6 Å². The number of nitrogens with one attached hydrogen (secondary N) is 3. The minimum absolute atomic E-state index is 0.0558. The maximum absolute atomic E-state index is 13.0. The Morgan fingerprint density at radius 1 is 1.07 bits per heavy atom. The van der Waals surface area contributed by atoms with Crippen LogP contribution in [0, 0.1) is 12.7 Å². The molecule has 4 rings (SSSR count). The fraction of sp³-hybridized carbons (Fsp3) is 0.318. The second-order valence-corrected chi connectivity index (χ2v) is 7.78. The van der Waals surface area contributed by atoms with Gasteiger partial charge in [-0.3, -0.25) is 4.79 Å². The summed E-state index contributed by atoms with van der Waals surface area (Å²) in [5.41, 5.74) is 2.71. The van der Waals surface area contributed by atoms with Crippen LogP contribution in [0.2, 0.25) is 0 Å². The molecule has 2 aromatic carbocycles. The Morgan fingerprint density at radius 3 is 2.53 bits per heavy atom. The highest BCUT2D eigenvalue weighted by atomic mass is 19.1. The molecule has 0 spiro atoms. The van der Waals surface area contributed by atoms with Crippen molar-refractivity contribution in [3.8, 4) is 11.5 Å². The van der Waals surface area contributed by atoms with Gasteiger partial charge >= 0.3 is 0 Å². The van der Waals surface area contributed by atoms with E-state index in [1.165, 1.54) is 21.9 Å². The number of anilines is 1. The first kappa shape index (κ1) is 20.2. The zero-order valence-electron chi connectivity index (χ0n) is 17.0. The standard InChI is InChI=1S/C22H24FN5O2/c1-16-3-2-4-17(13-16)22-26-25-21(30-22)15-28-11-9-27(10-12-28)14-20(29)24-19-7-5-18(23)6-8-19/h2-8,13H,9-12,14-15H2,1H3,(H,24,29)/p+2. The molecule has 1 amide bonds. The highest BCUT2D eigenvalue weighted by Gasteiger charge is 2.26. The fourth-order valence-corrected chi connectivity index (χ4v) is 3.71. The van der Waals surface area contributed by atoms with Crippen LogP contribution < -0.4 is 15.1 Å². The molecule has 7 nitrogen and oxygen atoms in total. The third kappa shape index (κ3) is 5.28. The molecular formula is C22H26FN5O2+2. The number of aryl methyl sites for hydroxylation is 1. The summed E-state index contributed by atoms with van der Waals surface area (Å²) >= 11 is 0. The first-order valence-electron chi connectivity index (χ1n) is 10.2. The van der Waals surface area contributed by atoms with Crippen molar-refractivity contribution in [2.24, 2.45) is 0 Å². The van der Waals surface area contributed by atoms with E-state index in [1.54, 1.807) is 12.1 Å². The topological polar surface area (TPSA) is 76.9 Å². The molecule has 1 aliphatic rings. The second-order valence-electron chi connectivity index (χ2n) is 7.78. The van der Waals surface area contributed by atoms with Crippen molar-refractivity contribution in [3.05, 3.63) is 65.8 Å². The molecule has 0 unspecified atom stereocenters. The van der Waals surface area contributed by atoms with Gasteiger partial charge in [0.2, 0.25) is 5.89 Å². The highest BCUT2D eigenvalue weighted by molar-refractivity contribution is 5.91. The summed E-state index contributed by atoms with van der Waals surface area (Å²) in [6.07, 6.45) is 0. The SMILES string of the molecule is Cc1cccc(-c2nnc(C[NH+]3CC[NH+](CC(=O)Nc4ccc(F)cc4)CC3)o2)c1. The van der Waals surface area contributed by atoms with Gasteiger partial charge in [0.25, 0.3) is 11.8 Å². The van der Waals surface area contributed by atoms with E-state index in [1.807, 2.05) is 31.2 Å². The molecule has 3 aromatic rings. The number of amides is 1. The number of piperazine rings is 1. The maximum atomic E-state index is 13.0. The predicted octanol–water partition coefficient (Wildman–Crippen LogP) is 0.106. The summed E-state index contributed by atoms with van der Waals surface area (Å²) < 4.78 is 18.8. The largest absolute Gasteiger partial charge is 0.415 e. The van der Waals surface area contributed by atoms with E-state index < -0.39 is 0 Å². The molecule has 3 N–H and O–H groups in total. The number of benzene rings is 2. The summed E-state index contributed by atoms with van der Waals surface area (Å²) in [4.78, 5) is 14.8. The van der Waals surface area contributed by atoms with Crippen molar-refractivity contribution in [3.63, 3.8) is 0 Å². The molecule has 0 bridgehead atoms. The van der Waals surface area contributed by atoms with Crippen molar-refractivity contribution >= 4 is 11.6 Å². The van der Waals surface area contributed by atoms with E-state index >= 15 is 0 Å². The zero-order chi connectivity index (χ0) is 20.9. The van der Waals surface area contributed by atoms with Gasteiger partial charge in [-0.2, -0.15) is 0 Å².